The number of hydrogen-bond donors (Lipinski definition) is 3. The molecule has 2 saturated heterocycles. The third-order valence-electron chi connectivity index (χ3n) is 11.3. The second-order valence-corrected chi connectivity index (χ2v) is 21.2. The van der Waals surface area contributed by atoms with Crippen molar-refractivity contribution in [1.82, 2.24) is 20.4 Å². The summed E-state index contributed by atoms with van der Waals surface area (Å²) in [7, 11) is 5.09. The molecule has 0 bridgehead atoms. The maximum absolute atomic E-state index is 12.9. The molecule has 2 aliphatic rings. The van der Waals surface area contributed by atoms with Crippen molar-refractivity contribution >= 4 is 56.9 Å². The third-order valence-corrected chi connectivity index (χ3v) is 14.3. The minimum Gasteiger partial charge on any atom is -0.495 e. The Morgan fingerprint density at radius 2 is 1.73 bits per heavy atom. The average Bonchev–Trinajstić information content (AvgIpc) is 4.04. The molecular formula is C47H69ClN4O9S2. The number of halogens is 1. The zero-order chi connectivity index (χ0) is 46.3. The van der Waals surface area contributed by atoms with E-state index < -0.39 is 30.2 Å². The average molecular weight is 934 g/mol. The molecule has 2 aromatic rings. The fourth-order valence-corrected chi connectivity index (χ4v) is 9.89. The Morgan fingerprint density at radius 1 is 1.03 bits per heavy atom. The van der Waals surface area contributed by atoms with Crippen LogP contribution in [0.3, 0.4) is 0 Å². The predicted molar refractivity (Wildman–Crippen MR) is 252 cm³/mol. The molecule has 63 heavy (non-hydrogen) atoms. The third kappa shape index (κ3) is 17.5. The number of esters is 1. The number of carbonyl (C=O) groups is 4. The van der Waals surface area contributed by atoms with Crippen LogP contribution >= 0.6 is 33.2 Å². The van der Waals surface area contributed by atoms with Crippen molar-refractivity contribution in [3.63, 3.8) is 0 Å². The van der Waals surface area contributed by atoms with Crippen LogP contribution in [0.25, 0.3) is 0 Å². The normalized spacial score (nSPS) is 18.7. The van der Waals surface area contributed by atoms with Crippen molar-refractivity contribution < 1.29 is 43.2 Å². The summed E-state index contributed by atoms with van der Waals surface area (Å²) in [6.45, 7) is 18.1. The molecule has 2 aromatic carbocycles. The molecule has 0 radical (unpaired) electrons. The SMILES string of the molecule is COc1cc(OC(CNC(=O)C=CCCC(C)C2OC2c2ccc(CN3CCN(C(=O)CCC(C)(C)SSC)CC3)cc2)NCC(C)C(=O)OC(CC(C)C)C(=O)O)c(C)cc1Cl. The van der Waals surface area contributed by atoms with Crippen molar-refractivity contribution in [3.05, 3.63) is 70.3 Å². The van der Waals surface area contributed by atoms with Crippen LogP contribution in [0.4, 0.5) is 0 Å². The lowest BCUT2D eigenvalue weighted by Crippen LogP contribution is -2.48. The number of carboxylic acids is 1. The molecule has 6 atom stereocenters. The number of allylic oxidation sites excluding steroid dienone is 1. The van der Waals surface area contributed by atoms with Gasteiger partial charge >= 0.3 is 11.9 Å². The molecule has 2 fully saturated rings. The van der Waals surface area contributed by atoms with Gasteiger partial charge in [0, 0.05) is 56.5 Å². The quantitative estimate of drug-likeness (QED) is 0.0274. The molecule has 350 valence electrons. The number of rotatable bonds is 26. The summed E-state index contributed by atoms with van der Waals surface area (Å²) in [4.78, 5) is 54.7. The van der Waals surface area contributed by atoms with E-state index in [-0.39, 0.29) is 54.2 Å². The van der Waals surface area contributed by atoms with Gasteiger partial charge in [-0.2, -0.15) is 0 Å². The predicted octanol–water partition coefficient (Wildman–Crippen LogP) is 8.07. The fraction of sp³-hybridized carbons (Fsp3) is 0.617. The number of benzene rings is 2. The van der Waals surface area contributed by atoms with Crippen LogP contribution in [0.2, 0.25) is 5.02 Å². The van der Waals surface area contributed by atoms with Gasteiger partial charge < -0.3 is 34.3 Å². The molecule has 0 spiro atoms. The van der Waals surface area contributed by atoms with Gasteiger partial charge in [0.1, 0.15) is 17.6 Å². The highest BCUT2D eigenvalue weighted by molar-refractivity contribution is 8.76. The first kappa shape index (κ1) is 52.2. The first-order valence-electron chi connectivity index (χ1n) is 22.0. The highest BCUT2D eigenvalue weighted by Gasteiger charge is 2.43. The highest BCUT2D eigenvalue weighted by Crippen LogP contribution is 2.44. The lowest BCUT2D eigenvalue weighted by Gasteiger charge is -2.35. The van der Waals surface area contributed by atoms with E-state index in [1.54, 1.807) is 29.9 Å². The highest BCUT2D eigenvalue weighted by atomic mass is 35.5. The molecule has 0 aliphatic carbocycles. The van der Waals surface area contributed by atoms with E-state index in [4.69, 9.17) is 30.5 Å². The van der Waals surface area contributed by atoms with Crippen molar-refractivity contribution in [2.24, 2.45) is 17.8 Å². The Labute approximate surface area is 387 Å². The van der Waals surface area contributed by atoms with Crippen LogP contribution < -0.4 is 20.1 Å². The van der Waals surface area contributed by atoms with Crippen LogP contribution in [-0.4, -0.2) is 114 Å². The summed E-state index contributed by atoms with van der Waals surface area (Å²) in [5, 5.41) is 16.0. The molecule has 0 saturated carbocycles. The molecule has 4 rings (SSSR count). The Morgan fingerprint density at radius 3 is 2.37 bits per heavy atom. The van der Waals surface area contributed by atoms with Crippen LogP contribution in [0.15, 0.2) is 48.6 Å². The van der Waals surface area contributed by atoms with Crippen LogP contribution in [0.5, 0.6) is 11.5 Å². The topological polar surface area (TPSA) is 159 Å². The van der Waals surface area contributed by atoms with Gasteiger partial charge in [-0.05, 0) is 93.4 Å². The van der Waals surface area contributed by atoms with E-state index in [1.165, 1.54) is 24.3 Å². The molecule has 2 heterocycles. The molecule has 16 heteroatoms. The van der Waals surface area contributed by atoms with Crippen molar-refractivity contribution in [2.75, 3.05) is 52.6 Å². The van der Waals surface area contributed by atoms with Crippen molar-refractivity contribution in [2.45, 2.75) is 116 Å². The van der Waals surface area contributed by atoms with Crippen LogP contribution in [0.1, 0.15) is 96.4 Å². The van der Waals surface area contributed by atoms with E-state index in [2.05, 4.69) is 66.8 Å². The van der Waals surface area contributed by atoms with E-state index in [0.29, 0.717) is 35.3 Å². The maximum Gasteiger partial charge on any atom is 0.345 e. The number of aryl methyl sites for hydroxylation is 1. The summed E-state index contributed by atoms with van der Waals surface area (Å²) in [6, 6.07) is 12.1. The standard InChI is InChI=1S/C47H69ClN4O9S2/c1-30(2)24-39(45(55)56)60-46(57)33(5)27-50-41(59-37-26-38(58-8)36(48)25-32(37)4)28-49-40(53)13-11-10-12-31(3)43-44(61-43)35-16-14-34(15-17-35)29-51-20-22-52(23-21-51)42(54)18-19-47(6,7)63-62-9/h11,13-17,25-26,30-31,33,39,41,43-44,50H,10,12,18-24,27-29H2,1-9H3,(H,49,53)(H,55,56). The number of ether oxygens (including phenoxy) is 4. The zero-order valence-electron chi connectivity index (χ0n) is 38.4. The summed E-state index contributed by atoms with van der Waals surface area (Å²) < 4.78 is 23.1. The van der Waals surface area contributed by atoms with Gasteiger partial charge in [-0.25, -0.2) is 4.79 Å². The van der Waals surface area contributed by atoms with Gasteiger partial charge in [-0.1, -0.05) is 91.2 Å². The lowest BCUT2D eigenvalue weighted by atomic mass is 9.96. The van der Waals surface area contributed by atoms with Gasteiger partial charge in [-0.15, -0.1) is 0 Å². The lowest BCUT2D eigenvalue weighted by molar-refractivity contribution is -0.167. The van der Waals surface area contributed by atoms with Gasteiger partial charge in [0.2, 0.25) is 11.8 Å². The Bertz CT molecular complexity index is 1840. The number of aliphatic carboxylic acids is 1. The monoisotopic (exact) mass is 932 g/mol. The molecule has 6 unspecified atom stereocenters. The minimum absolute atomic E-state index is 0.0295. The number of epoxide rings is 1. The number of hydrogen-bond acceptors (Lipinski definition) is 12. The van der Waals surface area contributed by atoms with Crippen molar-refractivity contribution in [3.8, 4) is 11.5 Å². The number of piperazine rings is 1. The number of amides is 2. The smallest absolute Gasteiger partial charge is 0.345 e. The number of carboxylic acid groups (broad SMARTS) is 1. The molecule has 3 N–H and O–H groups in total. The molecular weight excluding hydrogens is 864 g/mol. The molecule has 2 aliphatic heterocycles. The maximum atomic E-state index is 12.9. The van der Waals surface area contributed by atoms with Crippen LogP contribution in [0, 0.1) is 24.7 Å². The Hall–Kier alpha value is -3.47. The molecule has 13 nitrogen and oxygen atoms in total. The van der Waals surface area contributed by atoms with Crippen LogP contribution in [-0.2, 0) is 35.2 Å². The first-order chi connectivity index (χ1) is 29.9. The summed E-state index contributed by atoms with van der Waals surface area (Å²) in [5.74, 6) is -1.36. The van der Waals surface area contributed by atoms with Gasteiger partial charge in [0.05, 0.1) is 30.7 Å². The van der Waals surface area contributed by atoms with Gasteiger partial charge in [0.25, 0.3) is 0 Å². The minimum atomic E-state index is -1.23. The second kappa shape index (κ2) is 25.3. The van der Waals surface area contributed by atoms with Gasteiger partial charge in [-0.3, -0.25) is 24.6 Å². The molecule has 2 amide bonds. The summed E-state index contributed by atoms with van der Waals surface area (Å²) >= 11 is 6.30. The molecule has 0 aromatic heterocycles. The largest absolute Gasteiger partial charge is 0.495 e. The van der Waals surface area contributed by atoms with E-state index in [9.17, 15) is 24.3 Å². The van der Waals surface area contributed by atoms with E-state index in [1.807, 2.05) is 42.5 Å². The van der Waals surface area contributed by atoms with E-state index >= 15 is 0 Å². The second-order valence-electron chi connectivity index (χ2n) is 17.7. The number of carbonyl (C=O) groups excluding carboxylic acids is 3. The van der Waals surface area contributed by atoms with Gasteiger partial charge in [0.15, 0.2) is 12.3 Å². The summed E-state index contributed by atoms with van der Waals surface area (Å²) in [5.41, 5.74) is 3.16. The van der Waals surface area contributed by atoms with E-state index in [0.717, 1.165) is 51.1 Å². The zero-order valence-corrected chi connectivity index (χ0v) is 40.8. The fourth-order valence-electron chi connectivity index (χ4n) is 7.35. The first-order valence-corrected chi connectivity index (χ1v) is 24.9. The number of nitrogens with one attached hydrogen (secondary N) is 2. The number of nitrogens with zero attached hydrogens (tertiary/aromatic N) is 2. The summed E-state index contributed by atoms with van der Waals surface area (Å²) in [6.07, 6.45) is 6.87. The Kier molecular flexibility index (Phi) is 20.9. The Balaban J connectivity index is 1.20. The van der Waals surface area contributed by atoms with Crippen molar-refractivity contribution in [1.29, 1.82) is 0 Å². The number of methoxy groups -OCH3 is 1.